The molecule has 6 heteroatoms. The van der Waals surface area contributed by atoms with Crippen molar-refractivity contribution in [3.63, 3.8) is 0 Å². The first-order valence-corrected chi connectivity index (χ1v) is 5.51. The van der Waals surface area contributed by atoms with Crippen molar-refractivity contribution in [2.24, 2.45) is 0 Å². The molecule has 0 aliphatic carbocycles. The van der Waals surface area contributed by atoms with E-state index in [0.29, 0.717) is 11.0 Å². The van der Waals surface area contributed by atoms with Crippen molar-refractivity contribution in [1.82, 2.24) is 15.0 Å². The second kappa shape index (κ2) is 4.16. The van der Waals surface area contributed by atoms with Gasteiger partial charge in [0.1, 0.15) is 16.9 Å². The van der Waals surface area contributed by atoms with Crippen molar-refractivity contribution >= 4 is 17.0 Å². The predicted octanol–water partition coefficient (Wildman–Crippen LogP) is 2.26. The van der Waals surface area contributed by atoms with E-state index in [1.54, 1.807) is 24.3 Å². The number of fused-ring (bicyclic) bond motifs is 1. The van der Waals surface area contributed by atoms with Gasteiger partial charge in [-0.05, 0) is 24.3 Å². The number of aromatic nitrogens is 3. The molecule has 0 radical (unpaired) electrons. The Hall–Kier alpha value is -2.76. The molecule has 3 aromatic rings. The molecule has 1 N–H and O–H groups in total. The summed E-state index contributed by atoms with van der Waals surface area (Å²) in [4.78, 5) is 11.2. The third kappa shape index (κ3) is 1.74. The van der Waals surface area contributed by atoms with Gasteiger partial charge in [-0.1, -0.05) is 23.4 Å². The van der Waals surface area contributed by atoms with Crippen molar-refractivity contribution in [2.75, 3.05) is 0 Å². The average molecular weight is 257 g/mol. The zero-order valence-corrected chi connectivity index (χ0v) is 9.62. The van der Waals surface area contributed by atoms with Gasteiger partial charge in [0.15, 0.2) is 0 Å². The van der Waals surface area contributed by atoms with E-state index in [2.05, 4.69) is 10.3 Å². The number of benzene rings is 2. The maximum Gasteiger partial charge on any atom is 0.340 e. The highest BCUT2D eigenvalue weighted by Gasteiger charge is 2.19. The van der Waals surface area contributed by atoms with Crippen LogP contribution in [-0.2, 0) is 0 Å². The molecule has 1 heterocycles. The molecule has 1 aromatic heterocycles. The Bertz CT molecular complexity index is 782. The summed E-state index contributed by atoms with van der Waals surface area (Å²) in [6.45, 7) is 0. The van der Waals surface area contributed by atoms with E-state index in [9.17, 15) is 9.18 Å². The van der Waals surface area contributed by atoms with Gasteiger partial charge in [0.25, 0.3) is 0 Å². The lowest BCUT2D eigenvalue weighted by Crippen LogP contribution is -2.09. The van der Waals surface area contributed by atoms with Crippen LogP contribution in [0, 0.1) is 5.82 Å². The number of halogens is 1. The van der Waals surface area contributed by atoms with Gasteiger partial charge < -0.3 is 5.11 Å². The number of hydrogen-bond donors (Lipinski definition) is 1. The number of para-hydroxylation sites is 1. The van der Waals surface area contributed by atoms with E-state index in [0.717, 1.165) is 6.07 Å². The van der Waals surface area contributed by atoms with Gasteiger partial charge in [-0.15, -0.1) is 5.10 Å². The Kier molecular flexibility index (Phi) is 2.49. The number of aromatic carboxylic acids is 1. The van der Waals surface area contributed by atoms with E-state index in [1.165, 1.54) is 16.8 Å². The largest absolute Gasteiger partial charge is 0.478 e. The molecular weight excluding hydrogens is 249 g/mol. The summed E-state index contributed by atoms with van der Waals surface area (Å²) in [7, 11) is 0. The lowest BCUT2D eigenvalue weighted by atomic mass is 10.1. The summed E-state index contributed by atoms with van der Waals surface area (Å²) in [5.74, 6) is -2.14. The minimum absolute atomic E-state index is 0.154. The standard InChI is InChI=1S/C13H8FN3O2/c14-8-4-3-7-11(12(8)13(18)19)17-10-6-2-1-5-9(10)15-16-17/h1-7H,(H,18,19). The summed E-state index contributed by atoms with van der Waals surface area (Å²) in [6, 6.07) is 11.1. The second-order valence-electron chi connectivity index (χ2n) is 3.93. The Morgan fingerprint density at radius 1 is 1.16 bits per heavy atom. The highest BCUT2D eigenvalue weighted by Crippen LogP contribution is 2.21. The molecule has 0 amide bonds. The van der Waals surface area contributed by atoms with Crippen molar-refractivity contribution in [2.45, 2.75) is 0 Å². The van der Waals surface area contributed by atoms with Crippen molar-refractivity contribution in [3.05, 3.63) is 53.8 Å². The molecule has 0 unspecified atom stereocenters. The Morgan fingerprint density at radius 3 is 2.74 bits per heavy atom. The monoisotopic (exact) mass is 257 g/mol. The van der Waals surface area contributed by atoms with Crippen molar-refractivity contribution in [3.8, 4) is 5.69 Å². The number of carboxylic acids is 1. The van der Waals surface area contributed by atoms with E-state index < -0.39 is 17.3 Å². The van der Waals surface area contributed by atoms with Crippen LogP contribution in [0.3, 0.4) is 0 Å². The van der Waals surface area contributed by atoms with Gasteiger partial charge in [-0.25, -0.2) is 13.9 Å². The molecular formula is C13H8FN3O2. The van der Waals surface area contributed by atoms with Crippen LogP contribution in [0.5, 0.6) is 0 Å². The minimum Gasteiger partial charge on any atom is -0.478 e. The first-order valence-electron chi connectivity index (χ1n) is 5.51. The molecule has 94 valence electrons. The molecule has 5 nitrogen and oxygen atoms in total. The zero-order chi connectivity index (χ0) is 13.4. The quantitative estimate of drug-likeness (QED) is 0.764. The molecule has 3 rings (SSSR count). The molecule has 19 heavy (non-hydrogen) atoms. The fraction of sp³-hybridized carbons (Fsp3) is 0. The number of carboxylic acid groups (broad SMARTS) is 1. The fourth-order valence-corrected chi connectivity index (χ4v) is 1.95. The van der Waals surface area contributed by atoms with Crippen LogP contribution in [0.2, 0.25) is 0 Å². The van der Waals surface area contributed by atoms with Gasteiger partial charge >= 0.3 is 5.97 Å². The molecule has 0 spiro atoms. The summed E-state index contributed by atoms with van der Waals surface area (Å²) >= 11 is 0. The topological polar surface area (TPSA) is 68.0 Å². The number of nitrogens with zero attached hydrogens (tertiary/aromatic N) is 3. The highest BCUT2D eigenvalue weighted by atomic mass is 19.1. The SMILES string of the molecule is O=C(O)c1c(F)cccc1-n1nnc2ccccc21. The molecule has 0 saturated carbocycles. The molecule has 0 bridgehead atoms. The Morgan fingerprint density at radius 2 is 1.95 bits per heavy atom. The third-order valence-electron chi connectivity index (χ3n) is 2.79. The van der Waals surface area contributed by atoms with E-state index >= 15 is 0 Å². The van der Waals surface area contributed by atoms with Gasteiger partial charge in [-0.3, -0.25) is 0 Å². The fourth-order valence-electron chi connectivity index (χ4n) is 1.95. The normalized spacial score (nSPS) is 10.8. The van der Waals surface area contributed by atoms with Gasteiger partial charge in [0.05, 0.1) is 11.2 Å². The van der Waals surface area contributed by atoms with E-state index in [4.69, 9.17) is 5.11 Å². The first kappa shape index (κ1) is 11.3. The predicted molar refractivity (Wildman–Crippen MR) is 65.8 cm³/mol. The van der Waals surface area contributed by atoms with E-state index in [1.807, 2.05) is 0 Å². The maximum atomic E-state index is 13.7. The summed E-state index contributed by atoms with van der Waals surface area (Å²) in [5, 5.41) is 16.9. The second-order valence-corrected chi connectivity index (χ2v) is 3.93. The Labute approximate surface area is 106 Å². The first-order chi connectivity index (χ1) is 9.18. The molecule has 0 saturated heterocycles. The van der Waals surface area contributed by atoms with Crippen molar-refractivity contribution < 1.29 is 14.3 Å². The van der Waals surface area contributed by atoms with Gasteiger partial charge in [-0.2, -0.15) is 0 Å². The van der Waals surface area contributed by atoms with Crippen LogP contribution in [0.25, 0.3) is 16.7 Å². The van der Waals surface area contributed by atoms with E-state index in [-0.39, 0.29) is 5.69 Å². The maximum absolute atomic E-state index is 13.7. The highest BCUT2D eigenvalue weighted by molar-refractivity contribution is 5.93. The van der Waals surface area contributed by atoms with Crippen molar-refractivity contribution in [1.29, 1.82) is 0 Å². The number of hydrogen-bond acceptors (Lipinski definition) is 3. The molecule has 0 fully saturated rings. The smallest absolute Gasteiger partial charge is 0.340 e. The van der Waals surface area contributed by atoms with Gasteiger partial charge in [0, 0.05) is 0 Å². The Balaban J connectivity index is 2.33. The van der Waals surface area contributed by atoms with Crippen LogP contribution < -0.4 is 0 Å². The van der Waals surface area contributed by atoms with Gasteiger partial charge in [0.2, 0.25) is 0 Å². The number of carbonyl (C=O) groups is 1. The summed E-state index contributed by atoms with van der Waals surface area (Å²) in [5.41, 5.74) is 0.970. The lowest BCUT2D eigenvalue weighted by molar-refractivity contribution is 0.0692. The number of rotatable bonds is 2. The third-order valence-corrected chi connectivity index (χ3v) is 2.79. The summed E-state index contributed by atoms with van der Waals surface area (Å²) < 4.78 is 15.0. The van der Waals surface area contributed by atoms with Crippen LogP contribution >= 0.6 is 0 Å². The molecule has 0 atom stereocenters. The van der Waals surface area contributed by atoms with Crippen LogP contribution in [0.4, 0.5) is 4.39 Å². The average Bonchev–Trinajstić information content (AvgIpc) is 2.81. The summed E-state index contributed by atoms with van der Waals surface area (Å²) in [6.07, 6.45) is 0. The molecule has 0 aliphatic heterocycles. The molecule has 0 aliphatic rings. The van der Waals surface area contributed by atoms with Crippen LogP contribution in [-0.4, -0.2) is 26.1 Å². The van der Waals surface area contributed by atoms with Crippen LogP contribution in [0.15, 0.2) is 42.5 Å². The minimum atomic E-state index is -1.34. The zero-order valence-electron chi connectivity index (χ0n) is 9.62. The van der Waals surface area contributed by atoms with Crippen LogP contribution in [0.1, 0.15) is 10.4 Å². The molecule has 2 aromatic carbocycles. The lowest BCUT2D eigenvalue weighted by Gasteiger charge is -2.07.